The standard InChI is InChI=1S/C25H30N6O2/c1-30-13-15-31(16-14-30)24(32)20-7-5-19(6-8-20)22-17-23(29-25(26)28-22)27-12-11-18-3-9-21(33-2)10-4-18/h3-10,17H,11-16H2,1-2H3,(H3,26,27,28,29). The Morgan fingerprint density at radius 2 is 1.73 bits per heavy atom. The Bertz CT molecular complexity index is 1080. The third-order valence-electron chi connectivity index (χ3n) is 5.84. The second-order valence-electron chi connectivity index (χ2n) is 8.19. The van der Waals surface area contributed by atoms with E-state index in [4.69, 9.17) is 10.5 Å². The summed E-state index contributed by atoms with van der Waals surface area (Å²) >= 11 is 0. The summed E-state index contributed by atoms with van der Waals surface area (Å²) in [5.74, 6) is 1.79. The molecule has 1 saturated heterocycles. The molecule has 1 aliphatic heterocycles. The van der Waals surface area contributed by atoms with Gasteiger partial charge in [0.2, 0.25) is 5.95 Å². The van der Waals surface area contributed by atoms with Crippen molar-refractivity contribution in [1.82, 2.24) is 19.8 Å². The number of aromatic nitrogens is 2. The van der Waals surface area contributed by atoms with Crippen LogP contribution in [0.15, 0.2) is 54.6 Å². The van der Waals surface area contributed by atoms with Gasteiger partial charge in [0.15, 0.2) is 0 Å². The molecule has 2 aromatic carbocycles. The molecule has 3 N–H and O–H groups in total. The van der Waals surface area contributed by atoms with Gasteiger partial charge in [-0.25, -0.2) is 4.98 Å². The lowest BCUT2D eigenvalue weighted by Crippen LogP contribution is -2.47. The molecule has 0 aliphatic carbocycles. The van der Waals surface area contributed by atoms with E-state index in [2.05, 4.69) is 27.2 Å². The maximum atomic E-state index is 12.8. The van der Waals surface area contributed by atoms with E-state index in [0.29, 0.717) is 23.6 Å². The lowest BCUT2D eigenvalue weighted by molar-refractivity contribution is 0.0664. The molecular weight excluding hydrogens is 416 g/mol. The molecule has 4 rings (SSSR count). The molecule has 33 heavy (non-hydrogen) atoms. The van der Waals surface area contributed by atoms with Gasteiger partial charge in [-0.05, 0) is 43.3 Å². The summed E-state index contributed by atoms with van der Waals surface area (Å²) in [7, 11) is 3.73. The summed E-state index contributed by atoms with van der Waals surface area (Å²) < 4.78 is 5.20. The van der Waals surface area contributed by atoms with Crippen molar-refractivity contribution in [2.75, 3.05) is 57.9 Å². The van der Waals surface area contributed by atoms with E-state index in [9.17, 15) is 4.79 Å². The number of hydrogen-bond acceptors (Lipinski definition) is 7. The lowest BCUT2D eigenvalue weighted by atomic mass is 10.1. The van der Waals surface area contributed by atoms with Crippen LogP contribution in [0.2, 0.25) is 0 Å². The van der Waals surface area contributed by atoms with Crippen LogP contribution >= 0.6 is 0 Å². The van der Waals surface area contributed by atoms with Gasteiger partial charge in [-0.15, -0.1) is 0 Å². The van der Waals surface area contributed by atoms with Crippen LogP contribution in [0, 0.1) is 0 Å². The molecule has 0 saturated carbocycles. The van der Waals surface area contributed by atoms with Crippen LogP contribution < -0.4 is 15.8 Å². The first-order valence-corrected chi connectivity index (χ1v) is 11.1. The normalized spacial score (nSPS) is 14.2. The van der Waals surface area contributed by atoms with E-state index >= 15 is 0 Å². The number of likely N-dealkylation sites (N-methyl/N-ethyl adjacent to an activating group) is 1. The molecule has 0 atom stereocenters. The summed E-state index contributed by atoms with van der Waals surface area (Å²) in [6.45, 7) is 4.02. The number of nitrogen functional groups attached to an aromatic ring is 1. The molecule has 0 unspecified atom stereocenters. The largest absolute Gasteiger partial charge is 0.497 e. The summed E-state index contributed by atoms with van der Waals surface area (Å²) in [5, 5.41) is 3.32. The lowest BCUT2D eigenvalue weighted by Gasteiger charge is -2.32. The number of carbonyl (C=O) groups excluding carboxylic acids is 1. The van der Waals surface area contributed by atoms with Crippen molar-refractivity contribution < 1.29 is 9.53 Å². The number of methoxy groups -OCH3 is 1. The van der Waals surface area contributed by atoms with Gasteiger partial charge < -0.3 is 25.6 Å². The summed E-state index contributed by atoms with van der Waals surface area (Å²) in [4.78, 5) is 25.6. The van der Waals surface area contributed by atoms with Crippen LogP contribution in [0.25, 0.3) is 11.3 Å². The van der Waals surface area contributed by atoms with E-state index < -0.39 is 0 Å². The third-order valence-corrected chi connectivity index (χ3v) is 5.84. The van der Waals surface area contributed by atoms with Crippen LogP contribution in [0.3, 0.4) is 0 Å². The predicted octanol–water partition coefficient (Wildman–Crippen LogP) is 2.78. The first-order chi connectivity index (χ1) is 16.0. The molecule has 1 fully saturated rings. The number of carbonyl (C=O) groups is 1. The number of hydrogen-bond donors (Lipinski definition) is 2. The van der Waals surface area contributed by atoms with Gasteiger partial charge in [0, 0.05) is 49.9 Å². The van der Waals surface area contributed by atoms with Crippen LogP contribution in [-0.2, 0) is 6.42 Å². The maximum absolute atomic E-state index is 12.8. The van der Waals surface area contributed by atoms with Crippen molar-refractivity contribution in [2.24, 2.45) is 0 Å². The van der Waals surface area contributed by atoms with Crippen molar-refractivity contribution >= 4 is 17.7 Å². The Labute approximate surface area is 194 Å². The van der Waals surface area contributed by atoms with Gasteiger partial charge in [-0.3, -0.25) is 4.79 Å². The van der Waals surface area contributed by atoms with Crippen LogP contribution in [0.4, 0.5) is 11.8 Å². The summed E-state index contributed by atoms with van der Waals surface area (Å²) in [5.41, 5.74) is 9.44. The molecule has 0 bridgehead atoms. The molecule has 1 amide bonds. The van der Waals surface area contributed by atoms with Crippen molar-refractivity contribution in [3.8, 4) is 17.0 Å². The van der Waals surface area contributed by atoms with E-state index in [1.165, 1.54) is 5.56 Å². The minimum atomic E-state index is 0.0674. The highest BCUT2D eigenvalue weighted by Crippen LogP contribution is 2.22. The molecule has 2 heterocycles. The molecule has 172 valence electrons. The second kappa shape index (κ2) is 10.3. The van der Waals surface area contributed by atoms with E-state index in [0.717, 1.165) is 43.9 Å². The van der Waals surface area contributed by atoms with Gasteiger partial charge >= 0.3 is 0 Å². The first-order valence-electron chi connectivity index (χ1n) is 11.1. The van der Waals surface area contributed by atoms with Crippen molar-refractivity contribution in [3.05, 3.63) is 65.7 Å². The Balaban J connectivity index is 1.39. The Hall–Kier alpha value is -3.65. The molecule has 3 aromatic rings. The van der Waals surface area contributed by atoms with E-state index in [-0.39, 0.29) is 11.9 Å². The number of piperazine rings is 1. The summed E-state index contributed by atoms with van der Waals surface area (Å²) in [6, 6.07) is 17.4. The van der Waals surface area contributed by atoms with Crippen LogP contribution in [0.5, 0.6) is 5.75 Å². The van der Waals surface area contributed by atoms with Gasteiger partial charge in [-0.1, -0.05) is 24.3 Å². The zero-order valence-corrected chi connectivity index (χ0v) is 19.1. The quantitative estimate of drug-likeness (QED) is 0.576. The fourth-order valence-corrected chi connectivity index (χ4v) is 3.81. The monoisotopic (exact) mass is 446 g/mol. The smallest absolute Gasteiger partial charge is 0.253 e. The Kier molecular flexibility index (Phi) is 7.04. The van der Waals surface area contributed by atoms with Gasteiger partial charge in [0.25, 0.3) is 5.91 Å². The predicted molar refractivity (Wildman–Crippen MR) is 130 cm³/mol. The van der Waals surface area contributed by atoms with Crippen molar-refractivity contribution in [1.29, 1.82) is 0 Å². The van der Waals surface area contributed by atoms with Crippen molar-refractivity contribution in [3.63, 3.8) is 0 Å². The fraction of sp³-hybridized carbons (Fsp3) is 0.320. The van der Waals surface area contributed by atoms with Gasteiger partial charge in [-0.2, -0.15) is 4.98 Å². The minimum Gasteiger partial charge on any atom is -0.497 e. The molecule has 1 aromatic heterocycles. The number of benzene rings is 2. The third kappa shape index (κ3) is 5.78. The number of ether oxygens (including phenoxy) is 1. The molecule has 1 aliphatic rings. The number of nitrogens with two attached hydrogens (primary N) is 1. The van der Waals surface area contributed by atoms with Gasteiger partial charge in [0.05, 0.1) is 12.8 Å². The van der Waals surface area contributed by atoms with Crippen LogP contribution in [-0.4, -0.2) is 72.6 Å². The number of rotatable bonds is 7. The SMILES string of the molecule is COc1ccc(CCNc2cc(-c3ccc(C(=O)N4CCN(C)CC4)cc3)nc(N)n2)cc1. The first kappa shape index (κ1) is 22.5. The Morgan fingerprint density at radius 3 is 2.39 bits per heavy atom. The Morgan fingerprint density at radius 1 is 1.03 bits per heavy atom. The van der Waals surface area contributed by atoms with Crippen LogP contribution in [0.1, 0.15) is 15.9 Å². The second-order valence-corrected chi connectivity index (χ2v) is 8.19. The molecule has 0 radical (unpaired) electrons. The average molecular weight is 447 g/mol. The van der Waals surface area contributed by atoms with Gasteiger partial charge in [0.1, 0.15) is 11.6 Å². The molecule has 0 spiro atoms. The van der Waals surface area contributed by atoms with Crippen molar-refractivity contribution in [2.45, 2.75) is 6.42 Å². The number of amides is 1. The average Bonchev–Trinajstić information content (AvgIpc) is 2.84. The van der Waals surface area contributed by atoms with E-state index in [1.807, 2.05) is 59.5 Å². The zero-order chi connectivity index (χ0) is 23.2. The zero-order valence-electron chi connectivity index (χ0n) is 19.1. The highest BCUT2D eigenvalue weighted by atomic mass is 16.5. The highest BCUT2D eigenvalue weighted by molar-refractivity contribution is 5.94. The molecule has 8 nitrogen and oxygen atoms in total. The number of nitrogens with one attached hydrogen (secondary N) is 1. The molecule has 8 heteroatoms. The number of nitrogens with zero attached hydrogens (tertiary/aromatic N) is 4. The highest BCUT2D eigenvalue weighted by Gasteiger charge is 2.20. The fourth-order valence-electron chi connectivity index (χ4n) is 3.81. The molecular formula is C25H30N6O2. The topological polar surface area (TPSA) is 96.6 Å². The number of anilines is 2. The van der Waals surface area contributed by atoms with E-state index in [1.54, 1.807) is 7.11 Å². The summed E-state index contributed by atoms with van der Waals surface area (Å²) in [6.07, 6.45) is 0.840. The maximum Gasteiger partial charge on any atom is 0.253 e. The minimum absolute atomic E-state index is 0.0674.